The van der Waals surface area contributed by atoms with Gasteiger partial charge >= 0.3 is 0 Å². The molecule has 1 unspecified atom stereocenters. The lowest BCUT2D eigenvalue weighted by atomic mass is 10.1. The summed E-state index contributed by atoms with van der Waals surface area (Å²) in [4.78, 5) is 8.05. The molecule has 0 aliphatic carbocycles. The molecule has 1 heterocycles. The van der Waals surface area contributed by atoms with Gasteiger partial charge in [0.05, 0.1) is 12.4 Å². The summed E-state index contributed by atoms with van der Waals surface area (Å²) in [6.07, 6.45) is 3.21. The minimum absolute atomic E-state index is 0.371. The Labute approximate surface area is 78.6 Å². The van der Waals surface area contributed by atoms with E-state index in [0.717, 1.165) is 5.82 Å². The van der Waals surface area contributed by atoms with Crippen molar-refractivity contribution in [1.29, 1.82) is 0 Å². The fourth-order valence-corrected chi connectivity index (χ4v) is 0.851. The van der Waals surface area contributed by atoms with E-state index in [9.17, 15) is 0 Å². The molecule has 72 valence electrons. The first-order chi connectivity index (χ1) is 6.09. The van der Waals surface area contributed by atoms with Crippen LogP contribution in [-0.2, 0) is 0 Å². The molecule has 0 saturated carbocycles. The predicted molar refractivity (Wildman–Crippen MR) is 54.4 cm³/mol. The zero-order chi connectivity index (χ0) is 9.84. The quantitative estimate of drug-likeness (QED) is 0.740. The molecule has 0 aromatic carbocycles. The third-order valence-electron chi connectivity index (χ3n) is 2.03. The largest absolute Gasteiger partial charge is 0.382 e. The van der Waals surface area contributed by atoms with E-state index in [1.807, 2.05) is 0 Å². The summed E-state index contributed by atoms with van der Waals surface area (Å²) in [6, 6.07) is 0.371. The van der Waals surface area contributed by atoms with Crippen molar-refractivity contribution >= 4 is 11.6 Å². The van der Waals surface area contributed by atoms with Gasteiger partial charge in [-0.15, -0.1) is 0 Å². The van der Waals surface area contributed by atoms with Gasteiger partial charge in [0.15, 0.2) is 0 Å². The molecule has 0 radical (unpaired) electrons. The third-order valence-corrected chi connectivity index (χ3v) is 2.03. The van der Waals surface area contributed by atoms with Crippen LogP contribution in [0.25, 0.3) is 0 Å². The molecule has 0 aliphatic heterocycles. The Kier molecular flexibility index (Phi) is 3.06. The van der Waals surface area contributed by atoms with Gasteiger partial charge in [-0.2, -0.15) is 0 Å². The average molecular weight is 180 g/mol. The number of nitrogens with two attached hydrogens (primary N) is 1. The molecule has 1 aromatic heterocycles. The second-order valence-corrected chi connectivity index (χ2v) is 3.51. The van der Waals surface area contributed by atoms with Crippen LogP contribution >= 0.6 is 0 Å². The summed E-state index contributed by atoms with van der Waals surface area (Å²) < 4.78 is 0. The molecule has 4 nitrogen and oxygen atoms in total. The van der Waals surface area contributed by atoms with Crippen LogP contribution in [0.2, 0.25) is 0 Å². The summed E-state index contributed by atoms with van der Waals surface area (Å²) in [5.41, 5.74) is 5.50. The Morgan fingerprint density at radius 2 is 2.00 bits per heavy atom. The van der Waals surface area contributed by atoms with Gasteiger partial charge < -0.3 is 11.1 Å². The minimum Gasteiger partial charge on any atom is -0.382 e. The van der Waals surface area contributed by atoms with Crippen molar-refractivity contribution in [3.63, 3.8) is 0 Å². The predicted octanol–water partition coefficient (Wildman–Crippen LogP) is 1.52. The lowest BCUT2D eigenvalue weighted by Gasteiger charge is -2.17. The van der Waals surface area contributed by atoms with Crippen LogP contribution in [0.5, 0.6) is 0 Å². The van der Waals surface area contributed by atoms with Crippen molar-refractivity contribution in [2.45, 2.75) is 26.8 Å². The van der Waals surface area contributed by atoms with Gasteiger partial charge in [0.25, 0.3) is 0 Å². The molecular weight excluding hydrogens is 164 g/mol. The fraction of sp³-hybridized carbons (Fsp3) is 0.556. The van der Waals surface area contributed by atoms with Crippen molar-refractivity contribution in [3.05, 3.63) is 12.4 Å². The van der Waals surface area contributed by atoms with Gasteiger partial charge in [0, 0.05) is 6.04 Å². The SMILES string of the molecule is CC(C)C(C)Nc1cncc(N)n1. The minimum atomic E-state index is 0.371. The molecule has 0 amide bonds. The van der Waals surface area contributed by atoms with Crippen molar-refractivity contribution in [2.75, 3.05) is 11.1 Å². The summed E-state index contributed by atoms with van der Waals surface area (Å²) in [6.45, 7) is 6.41. The highest BCUT2D eigenvalue weighted by Gasteiger charge is 2.06. The Morgan fingerprint density at radius 1 is 1.31 bits per heavy atom. The van der Waals surface area contributed by atoms with Gasteiger partial charge in [-0.05, 0) is 12.8 Å². The first-order valence-corrected chi connectivity index (χ1v) is 4.43. The van der Waals surface area contributed by atoms with Crippen molar-refractivity contribution < 1.29 is 0 Å². The average Bonchev–Trinajstić information content (AvgIpc) is 2.04. The monoisotopic (exact) mass is 180 g/mol. The number of nitrogens with zero attached hydrogens (tertiary/aromatic N) is 2. The number of rotatable bonds is 3. The summed E-state index contributed by atoms with van der Waals surface area (Å²) in [5, 5.41) is 3.23. The molecule has 4 heteroatoms. The second kappa shape index (κ2) is 4.07. The smallest absolute Gasteiger partial charge is 0.147 e. The molecule has 1 rings (SSSR count). The van der Waals surface area contributed by atoms with Gasteiger partial charge in [-0.3, -0.25) is 4.98 Å². The van der Waals surface area contributed by atoms with E-state index in [1.165, 1.54) is 6.20 Å². The Bertz CT molecular complexity index is 272. The Hall–Kier alpha value is -1.32. The lowest BCUT2D eigenvalue weighted by molar-refractivity contribution is 0.558. The van der Waals surface area contributed by atoms with Crippen LogP contribution in [0.4, 0.5) is 11.6 Å². The zero-order valence-electron chi connectivity index (χ0n) is 8.28. The first kappa shape index (κ1) is 9.77. The number of nitrogen functional groups attached to an aromatic ring is 1. The number of nitrogens with one attached hydrogen (secondary N) is 1. The molecule has 0 bridgehead atoms. The topological polar surface area (TPSA) is 63.8 Å². The maximum atomic E-state index is 5.50. The number of anilines is 2. The van der Waals surface area contributed by atoms with E-state index in [2.05, 4.69) is 36.1 Å². The zero-order valence-corrected chi connectivity index (χ0v) is 8.28. The standard InChI is InChI=1S/C9H16N4/c1-6(2)7(3)12-9-5-11-4-8(10)13-9/h4-7H,1-3H3,(H3,10,12,13). The van der Waals surface area contributed by atoms with E-state index in [-0.39, 0.29) is 0 Å². The highest BCUT2D eigenvalue weighted by Crippen LogP contribution is 2.09. The number of hydrogen-bond donors (Lipinski definition) is 2. The van der Waals surface area contributed by atoms with E-state index in [0.29, 0.717) is 17.8 Å². The maximum absolute atomic E-state index is 5.50. The fourth-order valence-electron chi connectivity index (χ4n) is 0.851. The van der Waals surface area contributed by atoms with Crippen molar-refractivity contribution in [3.8, 4) is 0 Å². The highest BCUT2D eigenvalue weighted by atomic mass is 15.1. The van der Waals surface area contributed by atoms with Crippen molar-refractivity contribution in [1.82, 2.24) is 9.97 Å². The molecule has 1 aromatic rings. The third kappa shape index (κ3) is 2.89. The number of hydrogen-bond acceptors (Lipinski definition) is 4. The molecule has 3 N–H and O–H groups in total. The van der Waals surface area contributed by atoms with E-state index < -0.39 is 0 Å². The molecule has 0 fully saturated rings. The normalized spacial score (nSPS) is 12.9. The summed E-state index contributed by atoms with van der Waals surface area (Å²) in [7, 11) is 0. The number of aromatic nitrogens is 2. The van der Waals surface area contributed by atoms with Gasteiger partial charge in [-0.1, -0.05) is 13.8 Å². The van der Waals surface area contributed by atoms with Crippen LogP contribution in [0.3, 0.4) is 0 Å². The maximum Gasteiger partial charge on any atom is 0.147 e. The van der Waals surface area contributed by atoms with Crippen molar-refractivity contribution in [2.24, 2.45) is 5.92 Å². The molecule has 0 saturated heterocycles. The van der Waals surface area contributed by atoms with Gasteiger partial charge in [0.2, 0.25) is 0 Å². The highest BCUT2D eigenvalue weighted by molar-refractivity contribution is 5.38. The Morgan fingerprint density at radius 3 is 2.54 bits per heavy atom. The molecule has 0 spiro atoms. The molecule has 13 heavy (non-hydrogen) atoms. The van der Waals surface area contributed by atoms with Crippen LogP contribution in [0, 0.1) is 5.92 Å². The van der Waals surface area contributed by atoms with Crippen LogP contribution in [-0.4, -0.2) is 16.0 Å². The Balaban J connectivity index is 2.64. The van der Waals surface area contributed by atoms with Crippen LogP contribution in [0.1, 0.15) is 20.8 Å². The first-order valence-electron chi connectivity index (χ1n) is 4.43. The van der Waals surface area contributed by atoms with E-state index in [4.69, 9.17) is 5.73 Å². The second-order valence-electron chi connectivity index (χ2n) is 3.51. The van der Waals surface area contributed by atoms with Crippen LogP contribution < -0.4 is 11.1 Å². The van der Waals surface area contributed by atoms with Crippen LogP contribution in [0.15, 0.2) is 12.4 Å². The van der Waals surface area contributed by atoms with E-state index in [1.54, 1.807) is 6.20 Å². The summed E-state index contributed by atoms with van der Waals surface area (Å²) >= 11 is 0. The molecule has 0 aliphatic rings. The lowest BCUT2D eigenvalue weighted by Crippen LogP contribution is -2.22. The molecular formula is C9H16N4. The van der Waals surface area contributed by atoms with Gasteiger partial charge in [0.1, 0.15) is 11.6 Å². The van der Waals surface area contributed by atoms with E-state index >= 15 is 0 Å². The summed E-state index contributed by atoms with van der Waals surface area (Å²) in [5.74, 6) is 1.74. The molecule has 1 atom stereocenters. The van der Waals surface area contributed by atoms with Gasteiger partial charge in [-0.25, -0.2) is 4.98 Å².